The van der Waals surface area contributed by atoms with Crippen LogP contribution in [-0.4, -0.2) is 23.8 Å². The third-order valence-electron chi connectivity index (χ3n) is 4.75. The van der Waals surface area contributed by atoms with Crippen molar-refractivity contribution in [2.75, 3.05) is 7.11 Å². The van der Waals surface area contributed by atoms with Crippen molar-refractivity contribution >= 4 is 29.0 Å². The summed E-state index contributed by atoms with van der Waals surface area (Å²) in [6, 6.07) is 4.03. The zero-order chi connectivity index (χ0) is 19.0. The van der Waals surface area contributed by atoms with Crippen LogP contribution >= 0.6 is 11.6 Å². The number of esters is 1. The van der Waals surface area contributed by atoms with E-state index in [2.05, 4.69) is 5.32 Å². The van der Waals surface area contributed by atoms with Gasteiger partial charge < -0.3 is 10.1 Å². The SMILES string of the molecule is COC(=O)C1=C(C)NC2=CCCC(=O)C2C1c1cc([N+](=O)[O-])ccc1Cl. The van der Waals surface area contributed by atoms with Crippen molar-refractivity contribution in [2.24, 2.45) is 5.92 Å². The van der Waals surface area contributed by atoms with Crippen LogP contribution < -0.4 is 5.32 Å². The molecule has 8 heteroatoms. The number of hydrogen-bond donors (Lipinski definition) is 1. The molecule has 1 aliphatic carbocycles. The van der Waals surface area contributed by atoms with Crippen LogP contribution in [-0.2, 0) is 14.3 Å². The Morgan fingerprint density at radius 1 is 1.38 bits per heavy atom. The Balaban J connectivity index is 2.26. The molecule has 7 nitrogen and oxygen atoms in total. The predicted octanol–water partition coefficient (Wildman–Crippen LogP) is 3.25. The number of carbonyl (C=O) groups excluding carboxylic acids is 2. The van der Waals surface area contributed by atoms with Crippen LogP contribution in [0.2, 0.25) is 5.02 Å². The lowest BCUT2D eigenvalue weighted by molar-refractivity contribution is -0.384. The maximum Gasteiger partial charge on any atom is 0.336 e. The van der Waals surface area contributed by atoms with Gasteiger partial charge >= 0.3 is 5.97 Å². The topological polar surface area (TPSA) is 98.5 Å². The molecule has 0 saturated carbocycles. The van der Waals surface area contributed by atoms with E-state index in [-0.39, 0.29) is 22.1 Å². The number of carbonyl (C=O) groups is 2. The van der Waals surface area contributed by atoms with E-state index in [1.807, 2.05) is 6.08 Å². The largest absolute Gasteiger partial charge is 0.466 e. The van der Waals surface area contributed by atoms with Gasteiger partial charge in [-0.05, 0) is 25.0 Å². The Morgan fingerprint density at radius 2 is 2.12 bits per heavy atom. The molecule has 2 unspecified atom stereocenters. The molecule has 1 aromatic carbocycles. The number of nitrogens with one attached hydrogen (secondary N) is 1. The second kappa shape index (κ2) is 6.92. The molecule has 1 heterocycles. The lowest BCUT2D eigenvalue weighted by Gasteiger charge is -2.38. The van der Waals surface area contributed by atoms with Gasteiger partial charge in [0.15, 0.2) is 0 Å². The first-order valence-corrected chi connectivity index (χ1v) is 8.45. The molecule has 3 rings (SSSR count). The molecule has 1 aromatic rings. The lowest BCUT2D eigenvalue weighted by atomic mass is 9.71. The van der Waals surface area contributed by atoms with Gasteiger partial charge in [0, 0.05) is 40.9 Å². The van der Waals surface area contributed by atoms with Crippen LogP contribution in [0, 0.1) is 16.0 Å². The minimum Gasteiger partial charge on any atom is -0.466 e. The molecule has 0 spiro atoms. The summed E-state index contributed by atoms with van der Waals surface area (Å²) < 4.78 is 4.90. The van der Waals surface area contributed by atoms with Crippen molar-refractivity contribution in [3.8, 4) is 0 Å². The first-order valence-electron chi connectivity index (χ1n) is 8.07. The van der Waals surface area contributed by atoms with Crippen molar-refractivity contribution in [1.82, 2.24) is 5.32 Å². The Kier molecular flexibility index (Phi) is 4.82. The van der Waals surface area contributed by atoms with E-state index in [1.165, 1.54) is 25.3 Å². The second-order valence-electron chi connectivity index (χ2n) is 6.24. The number of ether oxygens (including phenoxy) is 1. The smallest absolute Gasteiger partial charge is 0.336 e. The summed E-state index contributed by atoms with van der Waals surface area (Å²) in [6.45, 7) is 1.71. The van der Waals surface area contributed by atoms with Gasteiger partial charge in [-0.1, -0.05) is 17.7 Å². The molecular formula is C18H17ClN2O5. The fourth-order valence-electron chi connectivity index (χ4n) is 3.61. The van der Waals surface area contributed by atoms with Crippen LogP contribution in [0.4, 0.5) is 5.69 Å². The van der Waals surface area contributed by atoms with E-state index in [0.717, 1.165) is 0 Å². The third kappa shape index (κ3) is 2.99. The van der Waals surface area contributed by atoms with Crippen molar-refractivity contribution in [2.45, 2.75) is 25.7 Å². The molecule has 0 radical (unpaired) electrons. The molecule has 0 aromatic heterocycles. The zero-order valence-corrected chi connectivity index (χ0v) is 15.0. The quantitative estimate of drug-likeness (QED) is 0.494. The van der Waals surface area contributed by atoms with E-state index in [1.54, 1.807) is 6.92 Å². The average Bonchev–Trinajstić information content (AvgIpc) is 2.60. The Hall–Kier alpha value is -2.67. The van der Waals surface area contributed by atoms with E-state index in [9.17, 15) is 19.7 Å². The van der Waals surface area contributed by atoms with Crippen LogP contribution in [0.25, 0.3) is 0 Å². The summed E-state index contributed by atoms with van der Waals surface area (Å²) in [5, 5.41) is 14.6. The predicted molar refractivity (Wildman–Crippen MR) is 94.5 cm³/mol. The Bertz CT molecular complexity index is 874. The van der Waals surface area contributed by atoms with Gasteiger partial charge in [-0.3, -0.25) is 14.9 Å². The minimum atomic E-state index is -0.741. The Labute approximate surface area is 154 Å². The van der Waals surface area contributed by atoms with Gasteiger partial charge in [0.2, 0.25) is 0 Å². The number of rotatable bonds is 3. The average molecular weight is 377 g/mol. The van der Waals surface area contributed by atoms with Crippen molar-refractivity contribution in [3.63, 3.8) is 0 Å². The van der Waals surface area contributed by atoms with Crippen LogP contribution in [0.5, 0.6) is 0 Å². The molecule has 1 aliphatic heterocycles. The number of non-ortho nitro benzene ring substituents is 1. The number of benzene rings is 1. The number of nitro benzene ring substituents is 1. The van der Waals surface area contributed by atoms with Gasteiger partial charge in [0.05, 0.1) is 23.5 Å². The minimum absolute atomic E-state index is 0.0449. The molecule has 0 saturated heterocycles. The highest BCUT2D eigenvalue weighted by atomic mass is 35.5. The molecule has 0 fully saturated rings. The summed E-state index contributed by atoms with van der Waals surface area (Å²) in [6.07, 6.45) is 2.86. The highest BCUT2D eigenvalue weighted by molar-refractivity contribution is 6.31. The second-order valence-corrected chi connectivity index (χ2v) is 6.65. The number of hydrogen-bond acceptors (Lipinski definition) is 6. The Morgan fingerprint density at radius 3 is 2.77 bits per heavy atom. The fraction of sp³-hybridized carbons (Fsp3) is 0.333. The summed E-state index contributed by atoms with van der Waals surface area (Å²) in [5.41, 5.74) is 1.71. The molecule has 26 heavy (non-hydrogen) atoms. The van der Waals surface area contributed by atoms with Gasteiger partial charge in [0.1, 0.15) is 5.78 Å². The van der Waals surface area contributed by atoms with E-state index < -0.39 is 22.7 Å². The summed E-state index contributed by atoms with van der Waals surface area (Å²) in [7, 11) is 1.25. The fourth-order valence-corrected chi connectivity index (χ4v) is 3.85. The number of Topliss-reactive ketones (excluding diaryl/α,β-unsaturated/α-hetero) is 1. The van der Waals surface area contributed by atoms with Crippen molar-refractivity contribution < 1.29 is 19.2 Å². The number of fused-ring (bicyclic) bond motifs is 1. The lowest BCUT2D eigenvalue weighted by Crippen LogP contribution is -2.40. The molecule has 1 N–H and O–H groups in total. The number of halogens is 1. The molecular weight excluding hydrogens is 360 g/mol. The molecule has 0 amide bonds. The van der Waals surface area contributed by atoms with Crippen molar-refractivity contribution in [3.05, 3.63) is 61.9 Å². The number of allylic oxidation sites excluding steroid dienone is 3. The van der Waals surface area contributed by atoms with Crippen molar-refractivity contribution in [1.29, 1.82) is 0 Å². The molecule has 2 aliphatic rings. The van der Waals surface area contributed by atoms with Crippen LogP contribution in [0.1, 0.15) is 31.2 Å². The first-order chi connectivity index (χ1) is 12.3. The number of methoxy groups -OCH3 is 1. The first kappa shape index (κ1) is 18.1. The summed E-state index contributed by atoms with van der Waals surface area (Å²) in [5.74, 6) is -2.03. The van der Waals surface area contributed by atoms with Gasteiger partial charge in [-0.15, -0.1) is 0 Å². The van der Waals surface area contributed by atoms with Gasteiger partial charge in [-0.25, -0.2) is 4.79 Å². The normalized spacial score (nSPS) is 22.3. The van der Waals surface area contributed by atoms with Gasteiger partial charge in [-0.2, -0.15) is 0 Å². The van der Waals surface area contributed by atoms with Crippen LogP contribution in [0.3, 0.4) is 0 Å². The number of ketones is 1. The van der Waals surface area contributed by atoms with E-state index >= 15 is 0 Å². The van der Waals surface area contributed by atoms with E-state index in [4.69, 9.17) is 16.3 Å². The summed E-state index contributed by atoms with van der Waals surface area (Å²) in [4.78, 5) is 35.8. The number of nitro groups is 1. The maximum absolute atomic E-state index is 12.7. The third-order valence-corrected chi connectivity index (χ3v) is 5.09. The van der Waals surface area contributed by atoms with Crippen LogP contribution in [0.15, 0.2) is 41.2 Å². The highest BCUT2D eigenvalue weighted by Gasteiger charge is 2.44. The summed E-state index contributed by atoms with van der Waals surface area (Å²) >= 11 is 6.33. The maximum atomic E-state index is 12.7. The molecule has 0 bridgehead atoms. The zero-order valence-electron chi connectivity index (χ0n) is 14.2. The standard InChI is InChI=1S/C18H17ClN2O5/c1-9-15(18(23)26-2)16(17-13(20-9)4-3-5-14(17)22)11-8-10(21(24)25)6-7-12(11)19/h4,6-8,16-17,20H,3,5H2,1-2H3. The molecule has 136 valence electrons. The highest BCUT2D eigenvalue weighted by Crippen LogP contribution is 2.46. The number of nitrogens with zero attached hydrogens (tertiary/aromatic N) is 1. The van der Waals surface area contributed by atoms with Gasteiger partial charge in [0.25, 0.3) is 5.69 Å². The molecule has 2 atom stereocenters. The van der Waals surface area contributed by atoms with E-state index in [0.29, 0.717) is 29.8 Å². The monoisotopic (exact) mass is 376 g/mol.